The van der Waals surface area contributed by atoms with Crippen molar-refractivity contribution < 1.29 is 14.3 Å². The third-order valence-electron chi connectivity index (χ3n) is 6.31. The molecule has 1 amide bonds. The molecule has 5 nitrogen and oxygen atoms in total. The van der Waals surface area contributed by atoms with Crippen molar-refractivity contribution in [1.29, 1.82) is 0 Å². The molecule has 146 valence electrons. The lowest BCUT2D eigenvalue weighted by Gasteiger charge is -2.39. The lowest BCUT2D eigenvalue weighted by atomic mass is 9.65. The van der Waals surface area contributed by atoms with E-state index in [-0.39, 0.29) is 23.5 Å². The lowest BCUT2D eigenvalue weighted by Crippen LogP contribution is -2.38. The smallest absolute Gasteiger partial charge is 0.272 e. The summed E-state index contributed by atoms with van der Waals surface area (Å²) in [6.07, 6.45) is 3.34. The van der Waals surface area contributed by atoms with E-state index in [4.69, 9.17) is 14.5 Å². The number of carbonyl (C=O) groups excluding carboxylic acids is 1. The van der Waals surface area contributed by atoms with E-state index in [0.717, 1.165) is 42.1 Å². The van der Waals surface area contributed by atoms with Gasteiger partial charge in [-0.05, 0) is 60.4 Å². The molecule has 0 radical (unpaired) electrons. The van der Waals surface area contributed by atoms with E-state index in [9.17, 15) is 4.79 Å². The molecule has 1 aromatic heterocycles. The maximum atomic E-state index is 13.3. The molecule has 0 N–H and O–H groups in total. The van der Waals surface area contributed by atoms with E-state index in [0.29, 0.717) is 11.7 Å². The first-order valence-electron chi connectivity index (χ1n) is 10.0. The monoisotopic (exact) mass is 378 g/mol. The molecule has 1 aromatic carbocycles. The number of aromatic nitrogens is 1. The molecule has 5 heteroatoms. The van der Waals surface area contributed by atoms with Crippen molar-refractivity contribution in [2.45, 2.75) is 46.1 Å². The van der Waals surface area contributed by atoms with E-state index < -0.39 is 0 Å². The van der Waals surface area contributed by atoms with Gasteiger partial charge in [0.2, 0.25) is 6.79 Å². The highest BCUT2D eigenvalue weighted by Crippen LogP contribution is 2.52. The Labute approximate surface area is 165 Å². The van der Waals surface area contributed by atoms with Gasteiger partial charge in [-0.15, -0.1) is 0 Å². The molecule has 0 spiro atoms. The summed E-state index contributed by atoms with van der Waals surface area (Å²) in [6.45, 7) is 8.05. The molecule has 3 aliphatic rings. The number of benzene rings is 1. The van der Waals surface area contributed by atoms with Crippen molar-refractivity contribution in [3.05, 3.63) is 42.1 Å². The summed E-state index contributed by atoms with van der Waals surface area (Å²) < 4.78 is 10.9. The fraction of sp³-hybridized carbons (Fsp3) is 0.478. The SMILES string of the molecule is CC1(C)C[C@@H]2C[C@@](C)(CN2C(=O)c2cccc(-c3ccc4c(c3)OCO4)n2)C1. The van der Waals surface area contributed by atoms with Gasteiger partial charge in [-0.1, -0.05) is 26.8 Å². The summed E-state index contributed by atoms with van der Waals surface area (Å²) in [6, 6.07) is 11.8. The van der Waals surface area contributed by atoms with Gasteiger partial charge in [0.1, 0.15) is 5.69 Å². The number of likely N-dealkylation sites (tertiary alicyclic amines) is 1. The lowest BCUT2D eigenvalue weighted by molar-refractivity contribution is 0.0702. The molecule has 1 saturated heterocycles. The average molecular weight is 378 g/mol. The predicted molar refractivity (Wildman–Crippen MR) is 106 cm³/mol. The minimum Gasteiger partial charge on any atom is -0.454 e. The summed E-state index contributed by atoms with van der Waals surface area (Å²) in [5, 5.41) is 0. The second-order valence-corrected chi connectivity index (χ2v) is 9.62. The zero-order valence-electron chi connectivity index (χ0n) is 16.7. The van der Waals surface area contributed by atoms with E-state index in [1.54, 1.807) is 0 Å². The van der Waals surface area contributed by atoms with Crippen molar-refractivity contribution in [3.63, 3.8) is 0 Å². The number of amides is 1. The Kier molecular flexibility index (Phi) is 3.74. The van der Waals surface area contributed by atoms with Crippen molar-refractivity contribution in [3.8, 4) is 22.8 Å². The van der Waals surface area contributed by atoms with Crippen LogP contribution in [0.2, 0.25) is 0 Å². The van der Waals surface area contributed by atoms with Crippen LogP contribution in [0.4, 0.5) is 0 Å². The van der Waals surface area contributed by atoms with Crippen LogP contribution in [0.1, 0.15) is 50.5 Å². The normalized spacial score (nSPS) is 27.1. The van der Waals surface area contributed by atoms with Crippen LogP contribution in [0, 0.1) is 10.8 Å². The van der Waals surface area contributed by atoms with Crippen LogP contribution in [0.25, 0.3) is 11.3 Å². The first-order chi connectivity index (χ1) is 13.3. The molecule has 28 heavy (non-hydrogen) atoms. The minimum absolute atomic E-state index is 0.0500. The first kappa shape index (κ1) is 17.5. The molecular formula is C23H26N2O3. The van der Waals surface area contributed by atoms with Crippen LogP contribution in [-0.2, 0) is 0 Å². The molecular weight excluding hydrogens is 352 g/mol. The Balaban J connectivity index is 1.43. The Bertz CT molecular complexity index is 955. The van der Waals surface area contributed by atoms with E-state index >= 15 is 0 Å². The number of rotatable bonds is 2. The molecule has 5 rings (SSSR count). The highest BCUT2D eigenvalue weighted by atomic mass is 16.7. The number of fused-ring (bicyclic) bond motifs is 3. The summed E-state index contributed by atoms with van der Waals surface area (Å²) in [5.41, 5.74) is 2.72. The van der Waals surface area contributed by atoms with Crippen LogP contribution in [0.5, 0.6) is 11.5 Å². The van der Waals surface area contributed by atoms with Crippen molar-refractivity contribution in [1.82, 2.24) is 9.88 Å². The number of carbonyl (C=O) groups is 1. The third-order valence-corrected chi connectivity index (χ3v) is 6.31. The molecule has 1 aliphatic carbocycles. The van der Waals surface area contributed by atoms with Crippen LogP contribution in [0.3, 0.4) is 0 Å². The summed E-state index contributed by atoms with van der Waals surface area (Å²) in [7, 11) is 0. The van der Waals surface area contributed by atoms with Crippen LogP contribution in [0.15, 0.2) is 36.4 Å². The molecule has 2 bridgehead atoms. The quantitative estimate of drug-likeness (QED) is 0.771. The average Bonchev–Trinajstić information content (AvgIpc) is 3.21. The third kappa shape index (κ3) is 2.93. The fourth-order valence-corrected chi connectivity index (χ4v) is 5.61. The van der Waals surface area contributed by atoms with E-state index in [1.807, 2.05) is 36.4 Å². The van der Waals surface area contributed by atoms with Crippen molar-refractivity contribution in [2.75, 3.05) is 13.3 Å². The predicted octanol–water partition coefficient (Wildman–Crippen LogP) is 4.52. The second kappa shape index (κ2) is 5.97. The van der Waals surface area contributed by atoms with Gasteiger partial charge in [-0.3, -0.25) is 4.79 Å². The van der Waals surface area contributed by atoms with Gasteiger partial charge < -0.3 is 14.4 Å². The fourth-order valence-electron chi connectivity index (χ4n) is 5.61. The van der Waals surface area contributed by atoms with Gasteiger partial charge >= 0.3 is 0 Å². The number of hydrogen-bond acceptors (Lipinski definition) is 4. The van der Waals surface area contributed by atoms with Crippen LogP contribution >= 0.6 is 0 Å². The summed E-state index contributed by atoms with van der Waals surface area (Å²) in [5.74, 6) is 1.52. The first-order valence-corrected chi connectivity index (χ1v) is 10.0. The second-order valence-electron chi connectivity index (χ2n) is 9.62. The molecule has 3 heterocycles. The zero-order chi connectivity index (χ0) is 19.5. The maximum Gasteiger partial charge on any atom is 0.272 e. The molecule has 2 atom stereocenters. The molecule has 0 unspecified atom stereocenters. The summed E-state index contributed by atoms with van der Waals surface area (Å²) in [4.78, 5) is 20.1. The Morgan fingerprint density at radius 1 is 1.11 bits per heavy atom. The van der Waals surface area contributed by atoms with Gasteiger partial charge in [-0.25, -0.2) is 4.98 Å². The Morgan fingerprint density at radius 3 is 2.79 bits per heavy atom. The highest BCUT2D eigenvalue weighted by Gasteiger charge is 2.51. The van der Waals surface area contributed by atoms with Gasteiger partial charge in [0, 0.05) is 18.2 Å². The molecule has 2 aromatic rings. The van der Waals surface area contributed by atoms with Gasteiger partial charge in [-0.2, -0.15) is 0 Å². The van der Waals surface area contributed by atoms with E-state index in [2.05, 4.69) is 25.7 Å². The van der Waals surface area contributed by atoms with Crippen LogP contribution in [-0.4, -0.2) is 35.2 Å². The van der Waals surface area contributed by atoms with Crippen molar-refractivity contribution >= 4 is 5.91 Å². The molecule has 2 fully saturated rings. The molecule has 1 saturated carbocycles. The van der Waals surface area contributed by atoms with Gasteiger partial charge in [0.15, 0.2) is 11.5 Å². The van der Waals surface area contributed by atoms with Gasteiger partial charge in [0.05, 0.1) is 5.69 Å². The number of ether oxygens (including phenoxy) is 2. The standard InChI is InChI=1S/C23H26N2O3/c1-22(2)10-16-11-23(3,12-22)13-25(16)21(26)18-6-4-5-17(24-18)15-7-8-19-20(9-15)28-14-27-19/h4-9,16H,10-14H2,1-3H3/t16-,23-/m1/s1. The van der Waals surface area contributed by atoms with Crippen LogP contribution < -0.4 is 9.47 Å². The largest absolute Gasteiger partial charge is 0.454 e. The topological polar surface area (TPSA) is 51.7 Å². The zero-order valence-corrected chi connectivity index (χ0v) is 16.7. The van der Waals surface area contributed by atoms with Crippen molar-refractivity contribution in [2.24, 2.45) is 10.8 Å². The minimum atomic E-state index is 0.0500. The number of hydrogen-bond donors (Lipinski definition) is 0. The Morgan fingerprint density at radius 2 is 1.93 bits per heavy atom. The summed E-state index contributed by atoms with van der Waals surface area (Å²) >= 11 is 0. The number of pyridine rings is 1. The number of nitrogens with zero attached hydrogens (tertiary/aromatic N) is 2. The van der Waals surface area contributed by atoms with Gasteiger partial charge in [0.25, 0.3) is 5.91 Å². The van der Waals surface area contributed by atoms with E-state index in [1.165, 1.54) is 6.42 Å². The highest BCUT2D eigenvalue weighted by molar-refractivity contribution is 5.93. The molecule has 2 aliphatic heterocycles. The maximum absolute atomic E-state index is 13.3. The Hall–Kier alpha value is -2.56.